The third kappa shape index (κ3) is 7.33. The Morgan fingerprint density at radius 2 is 1.61 bits per heavy atom. The number of methoxy groups -OCH3 is 2. The van der Waals surface area contributed by atoms with Crippen LogP contribution in [0.1, 0.15) is 61.9 Å². The first-order chi connectivity index (χ1) is 17.5. The van der Waals surface area contributed by atoms with Crippen LogP contribution in [-0.2, 0) is 4.79 Å². The van der Waals surface area contributed by atoms with E-state index >= 15 is 0 Å². The molecule has 3 N–H and O–H groups in total. The van der Waals surface area contributed by atoms with Gasteiger partial charge < -0.3 is 25.3 Å². The van der Waals surface area contributed by atoms with Gasteiger partial charge in [0, 0.05) is 17.7 Å². The molecule has 0 heterocycles. The molecule has 6 nitrogen and oxygen atoms in total. The Balaban J connectivity index is 1.62. The van der Waals surface area contributed by atoms with Gasteiger partial charge in [-0.15, -0.1) is 0 Å². The summed E-state index contributed by atoms with van der Waals surface area (Å²) in [6, 6.07) is 22.7. The van der Waals surface area contributed by atoms with Crippen molar-refractivity contribution in [1.29, 1.82) is 0 Å². The largest absolute Gasteiger partial charge is 0.497 e. The number of nitrogens with one attached hydrogen (secondary N) is 1. The summed E-state index contributed by atoms with van der Waals surface area (Å²) in [5.74, 6) is 2.06. The highest BCUT2D eigenvalue weighted by molar-refractivity contribution is 5.85. The van der Waals surface area contributed by atoms with Crippen molar-refractivity contribution < 1.29 is 19.0 Å². The maximum absolute atomic E-state index is 13.0. The fraction of sp³-hybridized carbons (Fsp3) is 0.367. The number of nitrogens with two attached hydrogens (primary N) is 1. The molecule has 0 fully saturated rings. The van der Waals surface area contributed by atoms with E-state index in [9.17, 15) is 4.79 Å². The van der Waals surface area contributed by atoms with Gasteiger partial charge in [0.05, 0.1) is 26.3 Å². The Hall–Kier alpha value is -3.35. The van der Waals surface area contributed by atoms with Crippen LogP contribution in [0.2, 0.25) is 0 Å². The lowest BCUT2D eigenvalue weighted by molar-refractivity contribution is -0.123. The fourth-order valence-corrected chi connectivity index (χ4v) is 4.17. The van der Waals surface area contributed by atoms with Gasteiger partial charge in [-0.2, -0.15) is 0 Å². The summed E-state index contributed by atoms with van der Waals surface area (Å²) < 4.78 is 16.6. The smallest absolute Gasteiger partial charge is 0.187 e. The summed E-state index contributed by atoms with van der Waals surface area (Å²) in [6.45, 7) is 4.23. The molecule has 36 heavy (non-hydrogen) atoms. The maximum atomic E-state index is 13.0. The van der Waals surface area contributed by atoms with Crippen LogP contribution in [-0.4, -0.2) is 32.7 Å². The monoisotopic (exact) mass is 490 g/mol. The summed E-state index contributed by atoms with van der Waals surface area (Å²) in [5, 5.41) is 3.50. The molecular weight excluding hydrogens is 452 g/mol. The molecule has 0 aliphatic heterocycles. The van der Waals surface area contributed by atoms with Crippen LogP contribution < -0.4 is 25.3 Å². The number of carbonyl (C=O) groups is 1. The molecule has 0 saturated carbocycles. The molecule has 3 rings (SSSR count). The van der Waals surface area contributed by atoms with E-state index in [-0.39, 0.29) is 30.5 Å². The number of carbonyl (C=O) groups excluding carboxylic acids is 1. The second-order valence-electron chi connectivity index (χ2n) is 8.90. The van der Waals surface area contributed by atoms with Crippen molar-refractivity contribution in [2.75, 3.05) is 20.8 Å². The molecule has 0 aliphatic rings. The molecule has 0 saturated heterocycles. The first-order valence-electron chi connectivity index (χ1n) is 12.5. The van der Waals surface area contributed by atoms with Gasteiger partial charge in [0.2, 0.25) is 0 Å². The highest BCUT2D eigenvalue weighted by Gasteiger charge is 2.21. The van der Waals surface area contributed by atoms with Crippen LogP contribution in [0.3, 0.4) is 0 Å². The van der Waals surface area contributed by atoms with E-state index < -0.39 is 0 Å². The van der Waals surface area contributed by atoms with Gasteiger partial charge in [-0.1, -0.05) is 62.2 Å². The van der Waals surface area contributed by atoms with Crippen LogP contribution in [0.15, 0.2) is 72.8 Å². The SMILES string of the molecule is CCCCC(NC(C)c1ccccc1)C(=O)COc1ccc(C(N)c2ccc(OC)cc2OC)cc1. The van der Waals surface area contributed by atoms with Crippen LogP contribution in [0.4, 0.5) is 0 Å². The summed E-state index contributed by atoms with van der Waals surface area (Å²) in [5.41, 5.74) is 9.45. The molecule has 0 amide bonds. The zero-order chi connectivity index (χ0) is 25.9. The summed E-state index contributed by atoms with van der Waals surface area (Å²) in [6.07, 6.45) is 2.80. The molecule has 0 aliphatic carbocycles. The average molecular weight is 491 g/mol. The van der Waals surface area contributed by atoms with Crippen molar-refractivity contribution in [3.63, 3.8) is 0 Å². The quantitative estimate of drug-likeness (QED) is 0.306. The van der Waals surface area contributed by atoms with Gasteiger partial charge in [-0.3, -0.25) is 4.79 Å². The summed E-state index contributed by atoms with van der Waals surface area (Å²) >= 11 is 0. The molecule has 0 spiro atoms. The number of ketones is 1. The van der Waals surface area contributed by atoms with Crippen molar-refractivity contribution in [1.82, 2.24) is 5.32 Å². The van der Waals surface area contributed by atoms with Crippen LogP contribution >= 0.6 is 0 Å². The van der Waals surface area contributed by atoms with Crippen molar-refractivity contribution in [2.24, 2.45) is 5.73 Å². The number of hydrogen-bond acceptors (Lipinski definition) is 6. The Labute approximate surface area is 214 Å². The lowest BCUT2D eigenvalue weighted by atomic mass is 9.98. The molecule has 0 aromatic heterocycles. The number of ether oxygens (including phenoxy) is 3. The van der Waals surface area contributed by atoms with E-state index in [4.69, 9.17) is 19.9 Å². The normalized spacial score (nSPS) is 13.5. The van der Waals surface area contributed by atoms with Gasteiger partial charge in [-0.05, 0) is 48.7 Å². The van der Waals surface area contributed by atoms with Gasteiger partial charge in [0.1, 0.15) is 23.9 Å². The number of benzene rings is 3. The van der Waals surface area contributed by atoms with Crippen molar-refractivity contribution >= 4 is 5.78 Å². The summed E-state index contributed by atoms with van der Waals surface area (Å²) in [7, 11) is 3.23. The van der Waals surface area contributed by atoms with Gasteiger partial charge >= 0.3 is 0 Å². The van der Waals surface area contributed by atoms with E-state index in [0.29, 0.717) is 17.2 Å². The van der Waals surface area contributed by atoms with Crippen molar-refractivity contribution in [3.8, 4) is 17.2 Å². The van der Waals surface area contributed by atoms with Gasteiger partial charge in [0.25, 0.3) is 0 Å². The minimum Gasteiger partial charge on any atom is -0.497 e. The second kappa shape index (κ2) is 13.7. The lowest BCUT2D eigenvalue weighted by Crippen LogP contribution is -2.40. The highest BCUT2D eigenvalue weighted by atomic mass is 16.5. The van der Waals surface area contributed by atoms with Gasteiger partial charge in [0.15, 0.2) is 5.78 Å². The predicted octanol–water partition coefficient (Wildman–Crippen LogP) is 5.61. The number of Topliss-reactive ketones (excluding diaryl/α,β-unsaturated/α-hetero) is 1. The fourth-order valence-electron chi connectivity index (χ4n) is 4.17. The Bertz CT molecular complexity index is 1090. The molecular formula is C30H38N2O4. The second-order valence-corrected chi connectivity index (χ2v) is 8.90. The summed E-state index contributed by atoms with van der Waals surface area (Å²) in [4.78, 5) is 13.0. The molecule has 6 heteroatoms. The molecule has 3 aromatic carbocycles. The number of unbranched alkanes of at least 4 members (excludes halogenated alkanes) is 1. The predicted molar refractivity (Wildman–Crippen MR) is 144 cm³/mol. The van der Waals surface area contributed by atoms with Crippen LogP contribution in [0.5, 0.6) is 17.2 Å². The Morgan fingerprint density at radius 1 is 0.917 bits per heavy atom. The zero-order valence-corrected chi connectivity index (χ0v) is 21.7. The minimum absolute atomic E-state index is 0.0145. The molecule has 0 bridgehead atoms. The lowest BCUT2D eigenvalue weighted by Gasteiger charge is -2.23. The van der Waals surface area contributed by atoms with Crippen molar-refractivity contribution in [2.45, 2.75) is 51.2 Å². The van der Waals surface area contributed by atoms with E-state index in [1.54, 1.807) is 14.2 Å². The van der Waals surface area contributed by atoms with Crippen LogP contribution in [0, 0.1) is 0 Å². The molecule has 192 valence electrons. The topological polar surface area (TPSA) is 82.8 Å². The molecule has 3 aromatic rings. The van der Waals surface area contributed by atoms with E-state index in [1.165, 1.54) is 0 Å². The third-order valence-electron chi connectivity index (χ3n) is 6.38. The van der Waals surface area contributed by atoms with E-state index in [1.807, 2.05) is 60.7 Å². The third-order valence-corrected chi connectivity index (χ3v) is 6.38. The minimum atomic E-state index is -0.372. The number of hydrogen-bond donors (Lipinski definition) is 2. The van der Waals surface area contributed by atoms with E-state index in [0.717, 1.165) is 36.0 Å². The molecule has 3 atom stereocenters. The first-order valence-corrected chi connectivity index (χ1v) is 12.5. The molecule has 3 unspecified atom stereocenters. The molecule has 0 radical (unpaired) electrons. The van der Waals surface area contributed by atoms with Crippen LogP contribution in [0.25, 0.3) is 0 Å². The maximum Gasteiger partial charge on any atom is 0.187 e. The first kappa shape index (κ1) is 27.2. The Morgan fingerprint density at radius 3 is 2.25 bits per heavy atom. The average Bonchev–Trinajstić information content (AvgIpc) is 2.93. The zero-order valence-electron chi connectivity index (χ0n) is 21.7. The number of rotatable bonds is 14. The van der Waals surface area contributed by atoms with Gasteiger partial charge in [-0.25, -0.2) is 0 Å². The van der Waals surface area contributed by atoms with Crippen molar-refractivity contribution in [3.05, 3.63) is 89.5 Å². The Kier molecular flexibility index (Phi) is 10.3. The highest BCUT2D eigenvalue weighted by Crippen LogP contribution is 2.32. The van der Waals surface area contributed by atoms with E-state index in [2.05, 4.69) is 31.3 Å². The standard InChI is InChI=1S/C30H38N2O4/c1-5-6-12-27(32-21(2)22-10-8-7-9-11-22)28(33)20-36-24-15-13-23(14-16-24)30(31)26-18-17-25(34-3)19-29(26)35-4/h7-11,13-19,21,27,30,32H,5-6,12,20,31H2,1-4H3.